The number of carbonyl (C=O) groups excluding carboxylic acids is 1. The molecule has 1 aromatic carbocycles. The molecule has 0 radical (unpaired) electrons. The third-order valence-electron chi connectivity index (χ3n) is 3.86. The minimum absolute atomic E-state index is 0.0286. The van der Waals surface area contributed by atoms with Gasteiger partial charge in [-0.05, 0) is 37.0 Å². The summed E-state index contributed by atoms with van der Waals surface area (Å²) in [5, 5.41) is 18.9. The van der Waals surface area contributed by atoms with Crippen LogP contribution in [-0.2, 0) is 11.2 Å². The highest BCUT2D eigenvalue weighted by atomic mass is 16.3. The third kappa shape index (κ3) is 1.99. The summed E-state index contributed by atoms with van der Waals surface area (Å²) < 4.78 is 0. The van der Waals surface area contributed by atoms with E-state index in [9.17, 15) is 15.2 Å². The standard InChI is InChI=1S/C15H17NO2/c1-14(2)6-7-15(10-16,13(14)18)9-11-4-3-5-12(17)8-11/h3-5,8,17H,6-7,9H2,1-2H3. The van der Waals surface area contributed by atoms with Crippen molar-refractivity contribution >= 4 is 5.78 Å². The van der Waals surface area contributed by atoms with E-state index >= 15 is 0 Å². The van der Waals surface area contributed by atoms with Gasteiger partial charge in [0.1, 0.15) is 11.2 Å². The maximum absolute atomic E-state index is 12.4. The van der Waals surface area contributed by atoms with E-state index in [1.807, 2.05) is 19.9 Å². The molecule has 94 valence electrons. The first-order valence-electron chi connectivity index (χ1n) is 6.14. The van der Waals surface area contributed by atoms with Crippen molar-refractivity contribution in [1.29, 1.82) is 5.26 Å². The zero-order chi connectivity index (χ0) is 13.4. The van der Waals surface area contributed by atoms with Gasteiger partial charge in [-0.2, -0.15) is 5.26 Å². The minimum Gasteiger partial charge on any atom is -0.508 e. The Labute approximate surface area is 107 Å². The van der Waals surface area contributed by atoms with E-state index in [-0.39, 0.29) is 11.5 Å². The van der Waals surface area contributed by atoms with Gasteiger partial charge in [0, 0.05) is 5.41 Å². The van der Waals surface area contributed by atoms with E-state index in [1.165, 1.54) is 0 Å². The molecule has 0 amide bonds. The lowest BCUT2D eigenvalue weighted by Gasteiger charge is -2.22. The molecule has 1 aromatic rings. The zero-order valence-corrected chi connectivity index (χ0v) is 10.7. The van der Waals surface area contributed by atoms with E-state index in [0.717, 1.165) is 12.0 Å². The van der Waals surface area contributed by atoms with Gasteiger partial charge in [0.25, 0.3) is 0 Å². The topological polar surface area (TPSA) is 61.1 Å². The smallest absolute Gasteiger partial charge is 0.158 e. The molecular weight excluding hydrogens is 226 g/mol. The van der Waals surface area contributed by atoms with E-state index in [1.54, 1.807) is 18.2 Å². The number of Topliss-reactive ketones (excluding diaryl/α,β-unsaturated/α-hetero) is 1. The van der Waals surface area contributed by atoms with Crippen LogP contribution in [0, 0.1) is 22.2 Å². The molecule has 1 N–H and O–H groups in total. The van der Waals surface area contributed by atoms with Crippen molar-refractivity contribution in [3.05, 3.63) is 29.8 Å². The summed E-state index contributed by atoms with van der Waals surface area (Å²) in [6.07, 6.45) is 1.74. The lowest BCUT2D eigenvalue weighted by atomic mass is 9.77. The van der Waals surface area contributed by atoms with Crippen LogP contribution >= 0.6 is 0 Å². The Morgan fingerprint density at radius 2 is 2.11 bits per heavy atom. The third-order valence-corrected chi connectivity index (χ3v) is 3.86. The average Bonchev–Trinajstić information content (AvgIpc) is 2.54. The predicted molar refractivity (Wildman–Crippen MR) is 67.9 cm³/mol. The van der Waals surface area contributed by atoms with Gasteiger partial charge in [0.15, 0.2) is 5.78 Å². The monoisotopic (exact) mass is 243 g/mol. The summed E-state index contributed by atoms with van der Waals surface area (Å²) in [4.78, 5) is 12.4. The maximum atomic E-state index is 12.4. The number of benzene rings is 1. The number of phenolic OH excluding ortho intramolecular Hbond substituents is 1. The van der Waals surface area contributed by atoms with Crippen molar-refractivity contribution in [2.75, 3.05) is 0 Å². The Bertz CT molecular complexity index is 528. The molecular formula is C15H17NO2. The highest BCUT2D eigenvalue weighted by molar-refractivity contribution is 5.94. The number of nitriles is 1. The first-order chi connectivity index (χ1) is 8.39. The largest absolute Gasteiger partial charge is 0.508 e. The molecule has 0 aromatic heterocycles. The predicted octanol–water partition coefficient (Wildman–Crippen LogP) is 2.83. The van der Waals surface area contributed by atoms with Crippen molar-refractivity contribution < 1.29 is 9.90 Å². The van der Waals surface area contributed by atoms with Gasteiger partial charge in [-0.25, -0.2) is 0 Å². The van der Waals surface area contributed by atoms with Crippen molar-refractivity contribution in [1.82, 2.24) is 0 Å². The van der Waals surface area contributed by atoms with Crippen LogP contribution in [0.25, 0.3) is 0 Å². The Balaban J connectivity index is 2.32. The van der Waals surface area contributed by atoms with Gasteiger partial charge in [-0.1, -0.05) is 26.0 Å². The molecule has 18 heavy (non-hydrogen) atoms. The summed E-state index contributed by atoms with van der Waals surface area (Å²) in [5.41, 5.74) is -0.494. The second-order valence-corrected chi connectivity index (χ2v) is 5.75. The Kier molecular flexibility index (Phi) is 2.90. The number of hydrogen-bond donors (Lipinski definition) is 1. The second kappa shape index (κ2) is 4.13. The first kappa shape index (κ1) is 12.6. The van der Waals surface area contributed by atoms with Gasteiger partial charge in [-0.15, -0.1) is 0 Å². The number of nitrogens with zero attached hydrogens (tertiary/aromatic N) is 1. The molecule has 1 saturated carbocycles. The number of hydrogen-bond acceptors (Lipinski definition) is 3. The molecule has 1 unspecified atom stereocenters. The Hall–Kier alpha value is -1.82. The highest BCUT2D eigenvalue weighted by Crippen LogP contribution is 2.47. The summed E-state index contributed by atoms with van der Waals surface area (Å²) in [5.74, 6) is 0.200. The average molecular weight is 243 g/mol. The van der Waals surface area contributed by atoms with Crippen LogP contribution < -0.4 is 0 Å². The number of ketones is 1. The summed E-state index contributed by atoms with van der Waals surface area (Å²) >= 11 is 0. The fourth-order valence-electron chi connectivity index (χ4n) is 2.73. The van der Waals surface area contributed by atoms with Crippen molar-refractivity contribution in [2.24, 2.45) is 10.8 Å². The minimum atomic E-state index is -0.919. The molecule has 3 heteroatoms. The fraction of sp³-hybridized carbons (Fsp3) is 0.467. The summed E-state index contributed by atoms with van der Waals surface area (Å²) in [6.45, 7) is 3.80. The quantitative estimate of drug-likeness (QED) is 0.868. The van der Waals surface area contributed by atoms with Crippen molar-refractivity contribution in [2.45, 2.75) is 33.1 Å². The maximum Gasteiger partial charge on any atom is 0.158 e. The van der Waals surface area contributed by atoms with E-state index in [2.05, 4.69) is 6.07 Å². The Morgan fingerprint density at radius 1 is 1.39 bits per heavy atom. The number of phenols is 1. The molecule has 0 bridgehead atoms. The zero-order valence-electron chi connectivity index (χ0n) is 10.7. The van der Waals surface area contributed by atoms with Gasteiger partial charge in [-0.3, -0.25) is 4.79 Å². The molecule has 1 fully saturated rings. The van der Waals surface area contributed by atoms with Crippen molar-refractivity contribution in [3.63, 3.8) is 0 Å². The molecule has 3 nitrogen and oxygen atoms in total. The van der Waals surface area contributed by atoms with E-state index < -0.39 is 10.8 Å². The van der Waals surface area contributed by atoms with Gasteiger partial charge >= 0.3 is 0 Å². The van der Waals surface area contributed by atoms with Crippen LogP contribution in [0.5, 0.6) is 5.75 Å². The van der Waals surface area contributed by atoms with Crippen LogP contribution in [0.15, 0.2) is 24.3 Å². The Morgan fingerprint density at radius 3 is 2.61 bits per heavy atom. The van der Waals surface area contributed by atoms with Crippen LogP contribution in [0.1, 0.15) is 32.3 Å². The van der Waals surface area contributed by atoms with E-state index in [4.69, 9.17) is 0 Å². The molecule has 0 heterocycles. The molecule has 2 rings (SSSR count). The second-order valence-electron chi connectivity index (χ2n) is 5.75. The molecule has 1 atom stereocenters. The normalized spacial score (nSPS) is 25.9. The molecule has 1 aliphatic carbocycles. The van der Waals surface area contributed by atoms with Crippen LogP contribution in [0.4, 0.5) is 0 Å². The fourth-order valence-corrected chi connectivity index (χ4v) is 2.73. The lowest BCUT2D eigenvalue weighted by Crippen LogP contribution is -2.33. The summed E-state index contributed by atoms with van der Waals surface area (Å²) in [7, 11) is 0. The first-order valence-corrected chi connectivity index (χ1v) is 6.14. The summed E-state index contributed by atoms with van der Waals surface area (Å²) in [6, 6.07) is 9.01. The molecule has 0 aliphatic heterocycles. The molecule has 1 aliphatic rings. The van der Waals surface area contributed by atoms with E-state index in [0.29, 0.717) is 12.8 Å². The van der Waals surface area contributed by atoms with Gasteiger partial charge in [0.05, 0.1) is 6.07 Å². The number of rotatable bonds is 2. The highest BCUT2D eigenvalue weighted by Gasteiger charge is 2.52. The van der Waals surface area contributed by atoms with Crippen LogP contribution in [0.3, 0.4) is 0 Å². The SMILES string of the molecule is CC1(C)CCC(C#N)(Cc2cccc(O)c2)C1=O. The van der Waals surface area contributed by atoms with Crippen LogP contribution in [0.2, 0.25) is 0 Å². The number of aromatic hydroxyl groups is 1. The number of carbonyl (C=O) groups is 1. The van der Waals surface area contributed by atoms with Gasteiger partial charge < -0.3 is 5.11 Å². The van der Waals surface area contributed by atoms with Crippen molar-refractivity contribution in [3.8, 4) is 11.8 Å². The lowest BCUT2D eigenvalue weighted by molar-refractivity contribution is -0.130. The molecule has 0 saturated heterocycles. The molecule has 0 spiro atoms. The van der Waals surface area contributed by atoms with Gasteiger partial charge in [0.2, 0.25) is 0 Å². The van der Waals surface area contributed by atoms with Crippen LogP contribution in [-0.4, -0.2) is 10.9 Å².